The molecule has 0 saturated heterocycles. The molecule has 11 heteroatoms. The number of nitriles is 1. The van der Waals surface area contributed by atoms with E-state index >= 15 is 0 Å². The maximum Gasteiger partial charge on any atom is 0.343 e. The lowest BCUT2D eigenvalue weighted by Gasteiger charge is -2.11. The van der Waals surface area contributed by atoms with Crippen LogP contribution in [0.1, 0.15) is 15.9 Å². The predicted octanol–water partition coefficient (Wildman–Crippen LogP) is 4.39. The van der Waals surface area contributed by atoms with Crippen molar-refractivity contribution in [2.45, 2.75) is 0 Å². The van der Waals surface area contributed by atoms with Gasteiger partial charge in [-0.1, -0.05) is 6.07 Å². The molecule has 0 radical (unpaired) electrons. The van der Waals surface area contributed by atoms with Crippen molar-refractivity contribution < 1.29 is 33.5 Å². The van der Waals surface area contributed by atoms with Crippen LogP contribution in [0.4, 0.5) is 11.4 Å². The molecule has 0 fully saturated rings. The second-order valence-corrected chi connectivity index (χ2v) is 7.29. The number of nitrogens with one attached hydrogen (secondary N) is 1. The van der Waals surface area contributed by atoms with E-state index in [1.54, 1.807) is 30.3 Å². The molecule has 3 aromatic carbocycles. The molecule has 0 aromatic heterocycles. The molecule has 1 amide bonds. The summed E-state index contributed by atoms with van der Waals surface area (Å²) >= 11 is 0. The lowest BCUT2D eigenvalue weighted by atomic mass is 10.1. The Morgan fingerprint density at radius 1 is 0.919 bits per heavy atom. The van der Waals surface area contributed by atoms with E-state index in [9.17, 15) is 25.0 Å². The predicted molar refractivity (Wildman–Crippen MR) is 133 cm³/mol. The van der Waals surface area contributed by atoms with Crippen LogP contribution in [-0.2, 0) is 4.79 Å². The lowest BCUT2D eigenvalue weighted by Crippen LogP contribution is -2.14. The molecule has 0 heterocycles. The van der Waals surface area contributed by atoms with Gasteiger partial charge in [0.25, 0.3) is 11.6 Å². The molecular weight excluding hydrogens is 482 g/mol. The van der Waals surface area contributed by atoms with E-state index < -0.39 is 22.5 Å². The van der Waals surface area contributed by atoms with E-state index in [0.717, 1.165) is 6.07 Å². The first-order valence-electron chi connectivity index (χ1n) is 10.6. The van der Waals surface area contributed by atoms with Crippen molar-refractivity contribution in [1.29, 1.82) is 5.26 Å². The Morgan fingerprint density at radius 2 is 1.59 bits per heavy atom. The molecule has 11 nitrogen and oxygen atoms in total. The highest BCUT2D eigenvalue weighted by Crippen LogP contribution is 2.31. The number of nitro groups is 1. The van der Waals surface area contributed by atoms with Gasteiger partial charge in [-0.15, -0.1) is 0 Å². The van der Waals surface area contributed by atoms with Crippen molar-refractivity contribution in [2.75, 3.05) is 26.6 Å². The number of methoxy groups -OCH3 is 3. The summed E-state index contributed by atoms with van der Waals surface area (Å²) in [5.74, 6) is -0.353. The number of ether oxygens (including phenoxy) is 4. The highest BCUT2D eigenvalue weighted by atomic mass is 16.6. The first-order valence-corrected chi connectivity index (χ1v) is 10.6. The Balaban J connectivity index is 1.81. The first-order chi connectivity index (χ1) is 17.8. The smallest absolute Gasteiger partial charge is 0.343 e. The number of hydrogen-bond donors (Lipinski definition) is 1. The van der Waals surface area contributed by atoms with Crippen LogP contribution in [0.15, 0.2) is 66.2 Å². The van der Waals surface area contributed by atoms with Gasteiger partial charge in [0.2, 0.25) is 0 Å². The Hall–Kier alpha value is -5.37. The number of carbonyl (C=O) groups is 2. The lowest BCUT2D eigenvalue weighted by molar-refractivity contribution is -0.384. The molecule has 188 valence electrons. The van der Waals surface area contributed by atoms with E-state index in [4.69, 9.17) is 18.9 Å². The minimum absolute atomic E-state index is 0.102. The summed E-state index contributed by atoms with van der Waals surface area (Å²) in [6, 6.07) is 16.5. The Labute approximate surface area is 211 Å². The molecule has 37 heavy (non-hydrogen) atoms. The topological polar surface area (TPSA) is 150 Å². The highest BCUT2D eigenvalue weighted by molar-refractivity contribution is 6.10. The molecule has 0 aliphatic rings. The fourth-order valence-corrected chi connectivity index (χ4v) is 3.14. The molecule has 0 saturated carbocycles. The molecule has 1 N–H and O–H groups in total. The number of nitro benzene ring substituents is 1. The van der Waals surface area contributed by atoms with Gasteiger partial charge in [-0.3, -0.25) is 14.9 Å². The van der Waals surface area contributed by atoms with Gasteiger partial charge >= 0.3 is 5.97 Å². The maximum absolute atomic E-state index is 12.7. The number of amides is 1. The average molecular weight is 503 g/mol. The Kier molecular flexibility index (Phi) is 8.41. The van der Waals surface area contributed by atoms with Crippen LogP contribution < -0.4 is 24.3 Å². The van der Waals surface area contributed by atoms with Gasteiger partial charge in [-0.2, -0.15) is 5.26 Å². The van der Waals surface area contributed by atoms with Crippen LogP contribution in [0.25, 0.3) is 6.08 Å². The third kappa shape index (κ3) is 6.40. The zero-order valence-corrected chi connectivity index (χ0v) is 20.0. The molecule has 0 spiro atoms. The average Bonchev–Trinajstić information content (AvgIpc) is 2.92. The summed E-state index contributed by atoms with van der Waals surface area (Å²) < 4.78 is 20.8. The minimum atomic E-state index is -0.857. The van der Waals surface area contributed by atoms with Crippen molar-refractivity contribution >= 4 is 29.3 Å². The van der Waals surface area contributed by atoms with Crippen molar-refractivity contribution in [3.05, 3.63) is 87.5 Å². The zero-order chi connectivity index (χ0) is 26.9. The van der Waals surface area contributed by atoms with Crippen molar-refractivity contribution in [2.24, 2.45) is 0 Å². The molecule has 0 aliphatic heterocycles. The summed E-state index contributed by atoms with van der Waals surface area (Å²) in [5.41, 5.74) is -0.139. The van der Waals surface area contributed by atoms with Crippen LogP contribution in [0.2, 0.25) is 0 Å². The fourth-order valence-electron chi connectivity index (χ4n) is 3.14. The van der Waals surface area contributed by atoms with Crippen molar-refractivity contribution in [1.82, 2.24) is 0 Å². The standard InChI is InChI=1S/C26H21N3O8/c1-34-19-7-5-17(6-8-19)26(31)37-23-11-4-16(13-24(23)36-3)12-18(15-27)25(30)28-21-10-9-20(35-2)14-22(21)29(32)33/h4-14H,1-3H3,(H,28,30)/b18-12+. The highest BCUT2D eigenvalue weighted by Gasteiger charge is 2.20. The molecule has 0 bridgehead atoms. The van der Waals surface area contributed by atoms with Crippen LogP contribution >= 0.6 is 0 Å². The molecule has 0 aliphatic carbocycles. The van der Waals surface area contributed by atoms with Crippen molar-refractivity contribution in [3.8, 4) is 29.1 Å². The van der Waals surface area contributed by atoms with E-state index in [1.807, 2.05) is 0 Å². The van der Waals surface area contributed by atoms with Gasteiger partial charge in [0, 0.05) is 0 Å². The Morgan fingerprint density at radius 3 is 2.19 bits per heavy atom. The van der Waals surface area contributed by atoms with Gasteiger partial charge in [-0.25, -0.2) is 4.79 Å². The van der Waals surface area contributed by atoms with E-state index in [2.05, 4.69) is 5.32 Å². The third-order valence-corrected chi connectivity index (χ3v) is 5.04. The molecule has 3 aromatic rings. The SMILES string of the molecule is COc1ccc(C(=O)Oc2ccc(/C=C(\C#N)C(=O)Nc3ccc(OC)cc3[N+](=O)[O-])cc2OC)cc1. The summed E-state index contributed by atoms with van der Waals surface area (Å²) in [4.78, 5) is 35.9. The van der Waals surface area contributed by atoms with E-state index in [1.165, 1.54) is 57.7 Å². The number of carbonyl (C=O) groups excluding carboxylic acids is 2. The monoisotopic (exact) mass is 503 g/mol. The van der Waals surface area contributed by atoms with Crippen LogP contribution in [0.5, 0.6) is 23.0 Å². The zero-order valence-electron chi connectivity index (χ0n) is 20.0. The van der Waals surface area contributed by atoms with Crippen molar-refractivity contribution in [3.63, 3.8) is 0 Å². The second kappa shape index (κ2) is 11.9. The summed E-state index contributed by atoms with van der Waals surface area (Å²) in [5, 5.41) is 23.3. The number of rotatable bonds is 9. The summed E-state index contributed by atoms with van der Waals surface area (Å²) in [7, 11) is 4.24. The third-order valence-electron chi connectivity index (χ3n) is 5.04. The number of anilines is 1. The second-order valence-electron chi connectivity index (χ2n) is 7.29. The van der Waals surface area contributed by atoms with E-state index in [-0.39, 0.29) is 28.5 Å². The maximum atomic E-state index is 12.7. The quantitative estimate of drug-likeness (QED) is 0.112. The molecule has 3 rings (SSSR count). The normalized spacial score (nSPS) is 10.6. The van der Waals surface area contributed by atoms with Crippen LogP contribution in [-0.4, -0.2) is 38.1 Å². The number of benzene rings is 3. The first kappa shape index (κ1) is 26.2. The molecule has 0 unspecified atom stereocenters. The van der Waals surface area contributed by atoms with Gasteiger partial charge < -0.3 is 24.3 Å². The number of esters is 1. The van der Waals surface area contributed by atoms with Gasteiger partial charge in [0.1, 0.15) is 28.8 Å². The van der Waals surface area contributed by atoms with Crippen LogP contribution in [0, 0.1) is 21.4 Å². The van der Waals surface area contributed by atoms with E-state index in [0.29, 0.717) is 16.9 Å². The minimum Gasteiger partial charge on any atom is -0.497 e. The van der Waals surface area contributed by atoms with Gasteiger partial charge in [0.15, 0.2) is 11.5 Å². The number of nitrogens with zero attached hydrogens (tertiary/aromatic N) is 2. The number of hydrogen-bond acceptors (Lipinski definition) is 9. The largest absolute Gasteiger partial charge is 0.497 e. The molecular formula is C26H21N3O8. The molecule has 0 atom stereocenters. The Bertz CT molecular complexity index is 1410. The fraction of sp³-hybridized carbons (Fsp3) is 0.115. The summed E-state index contributed by atoms with van der Waals surface area (Å²) in [6.07, 6.45) is 1.27. The summed E-state index contributed by atoms with van der Waals surface area (Å²) in [6.45, 7) is 0. The van der Waals surface area contributed by atoms with Crippen LogP contribution in [0.3, 0.4) is 0 Å². The van der Waals surface area contributed by atoms with Gasteiger partial charge in [0.05, 0.1) is 37.9 Å². The van der Waals surface area contributed by atoms with Gasteiger partial charge in [-0.05, 0) is 60.2 Å².